The summed E-state index contributed by atoms with van der Waals surface area (Å²) in [6, 6.07) is -0.575. The molecular weight excluding hydrogens is 158 g/mol. The van der Waals surface area contributed by atoms with Crippen LogP contribution in [0, 0.1) is 0 Å². The van der Waals surface area contributed by atoms with Crippen molar-refractivity contribution < 1.29 is 9.59 Å². The molecule has 1 saturated heterocycles. The Bertz CT molecular complexity index is 229. The van der Waals surface area contributed by atoms with E-state index in [0.29, 0.717) is 13.0 Å². The van der Waals surface area contributed by atoms with Crippen molar-refractivity contribution in [3.63, 3.8) is 0 Å². The van der Waals surface area contributed by atoms with Crippen LogP contribution in [0.2, 0.25) is 0 Å². The minimum Gasteiger partial charge on any atom is -0.368 e. The van der Waals surface area contributed by atoms with Crippen LogP contribution in [-0.2, 0) is 4.79 Å². The smallest absolute Gasteiger partial charge is 0.315 e. The maximum Gasteiger partial charge on any atom is 0.315 e. The summed E-state index contributed by atoms with van der Waals surface area (Å²) in [5.74, 6) is -0.487. The Kier molecular flexibility index (Phi) is 1.95. The zero-order valence-corrected chi connectivity index (χ0v) is 7.04. The predicted octanol–water partition coefficient (Wildman–Crippen LogP) is -0.595. The fourth-order valence-electron chi connectivity index (χ4n) is 1.57. The zero-order chi connectivity index (χ0) is 9.35. The highest BCUT2D eigenvalue weighted by atomic mass is 16.2. The molecule has 5 heteroatoms. The number of hydrogen-bond acceptors (Lipinski definition) is 2. The van der Waals surface area contributed by atoms with Gasteiger partial charge in [0.25, 0.3) is 0 Å². The van der Waals surface area contributed by atoms with Crippen LogP contribution in [0.4, 0.5) is 4.79 Å². The zero-order valence-electron chi connectivity index (χ0n) is 7.04. The maximum atomic E-state index is 11.0. The summed E-state index contributed by atoms with van der Waals surface area (Å²) < 4.78 is 0. The molecule has 0 aliphatic carbocycles. The Labute approximate surface area is 70.7 Å². The first-order valence-corrected chi connectivity index (χ1v) is 3.85. The molecule has 0 aromatic heterocycles. The molecule has 0 aromatic carbocycles. The van der Waals surface area contributed by atoms with Gasteiger partial charge in [-0.05, 0) is 19.8 Å². The highest BCUT2D eigenvalue weighted by Gasteiger charge is 2.43. The van der Waals surface area contributed by atoms with Crippen molar-refractivity contribution in [3.8, 4) is 0 Å². The minimum atomic E-state index is -0.869. The van der Waals surface area contributed by atoms with Gasteiger partial charge in [-0.2, -0.15) is 0 Å². The number of rotatable bonds is 1. The molecule has 0 saturated carbocycles. The molecule has 4 N–H and O–H groups in total. The van der Waals surface area contributed by atoms with Crippen molar-refractivity contribution in [2.45, 2.75) is 25.3 Å². The van der Waals surface area contributed by atoms with Gasteiger partial charge in [-0.25, -0.2) is 4.79 Å². The molecular formula is C7H13N3O2. The van der Waals surface area contributed by atoms with Crippen molar-refractivity contribution in [3.05, 3.63) is 0 Å². The quantitative estimate of drug-likeness (QED) is 0.552. The number of hydrogen-bond donors (Lipinski definition) is 2. The second kappa shape index (κ2) is 2.66. The third kappa shape index (κ3) is 1.11. The highest BCUT2D eigenvalue weighted by molar-refractivity contribution is 5.89. The normalized spacial score (nSPS) is 28.9. The Morgan fingerprint density at radius 2 is 2.00 bits per heavy atom. The van der Waals surface area contributed by atoms with Gasteiger partial charge in [0.1, 0.15) is 5.54 Å². The Hall–Kier alpha value is -1.26. The molecule has 0 radical (unpaired) electrons. The number of nitrogens with zero attached hydrogens (tertiary/aromatic N) is 1. The Morgan fingerprint density at radius 3 is 2.33 bits per heavy atom. The summed E-state index contributed by atoms with van der Waals surface area (Å²) in [6.45, 7) is 2.17. The van der Waals surface area contributed by atoms with Crippen molar-refractivity contribution in [2.75, 3.05) is 6.54 Å². The van der Waals surface area contributed by atoms with Crippen molar-refractivity contribution in [1.82, 2.24) is 4.90 Å². The van der Waals surface area contributed by atoms with Crippen molar-refractivity contribution in [2.24, 2.45) is 11.5 Å². The lowest BCUT2D eigenvalue weighted by Gasteiger charge is -2.30. The molecule has 1 rings (SSSR count). The van der Waals surface area contributed by atoms with E-state index in [1.165, 1.54) is 4.90 Å². The fourth-order valence-corrected chi connectivity index (χ4v) is 1.57. The summed E-state index contributed by atoms with van der Waals surface area (Å²) in [7, 11) is 0. The second-order valence-corrected chi connectivity index (χ2v) is 3.23. The standard InChI is InChI=1S/C7H13N3O2/c1-7(5(8)11)3-2-4-10(7)6(9)12/h2-4H2,1H3,(H2,8,11)(H2,9,12). The summed E-state index contributed by atoms with van der Waals surface area (Å²) in [5.41, 5.74) is 9.39. The molecule has 0 bridgehead atoms. The third-order valence-electron chi connectivity index (χ3n) is 2.44. The lowest BCUT2D eigenvalue weighted by molar-refractivity contribution is -0.126. The van der Waals surface area contributed by atoms with Crippen LogP contribution in [0.1, 0.15) is 19.8 Å². The summed E-state index contributed by atoms with van der Waals surface area (Å²) in [6.07, 6.45) is 1.38. The van der Waals surface area contributed by atoms with Crippen molar-refractivity contribution >= 4 is 11.9 Å². The number of likely N-dealkylation sites (tertiary alicyclic amines) is 1. The van der Waals surface area contributed by atoms with Gasteiger partial charge in [0, 0.05) is 6.54 Å². The largest absolute Gasteiger partial charge is 0.368 e. The van der Waals surface area contributed by atoms with Gasteiger partial charge in [-0.1, -0.05) is 0 Å². The van der Waals surface area contributed by atoms with Gasteiger partial charge in [0.2, 0.25) is 5.91 Å². The van der Waals surface area contributed by atoms with Crippen LogP contribution < -0.4 is 11.5 Å². The van der Waals surface area contributed by atoms with E-state index < -0.39 is 17.5 Å². The number of carbonyl (C=O) groups is 2. The molecule has 1 fully saturated rings. The van der Waals surface area contributed by atoms with E-state index in [-0.39, 0.29) is 0 Å². The monoisotopic (exact) mass is 171 g/mol. The van der Waals surface area contributed by atoms with Crippen LogP contribution in [0.3, 0.4) is 0 Å². The van der Waals surface area contributed by atoms with Crippen LogP contribution in [0.15, 0.2) is 0 Å². The first-order valence-electron chi connectivity index (χ1n) is 3.85. The van der Waals surface area contributed by atoms with Crippen LogP contribution in [-0.4, -0.2) is 28.9 Å². The van der Waals surface area contributed by atoms with E-state index in [0.717, 1.165) is 6.42 Å². The van der Waals surface area contributed by atoms with Crippen LogP contribution in [0.5, 0.6) is 0 Å². The number of amides is 3. The minimum absolute atomic E-state index is 0.487. The lowest BCUT2D eigenvalue weighted by Crippen LogP contribution is -2.55. The van der Waals surface area contributed by atoms with E-state index in [2.05, 4.69) is 0 Å². The van der Waals surface area contributed by atoms with Gasteiger partial charge < -0.3 is 16.4 Å². The molecule has 5 nitrogen and oxygen atoms in total. The van der Waals surface area contributed by atoms with Gasteiger partial charge in [0.15, 0.2) is 0 Å². The predicted molar refractivity (Wildman–Crippen MR) is 43.1 cm³/mol. The van der Waals surface area contributed by atoms with Gasteiger partial charge in [-0.15, -0.1) is 0 Å². The van der Waals surface area contributed by atoms with Crippen LogP contribution >= 0.6 is 0 Å². The Morgan fingerprint density at radius 1 is 1.42 bits per heavy atom. The van der Waals surface area contributed by atoms with E-state index in [1.807, 2.05) is 0 Å². The lowest BCUT2D eigenvalue weighted by atomic mass is 9.99. The second-order valence-electron chi connectivity index (χ2n) is 3.23. The molecule has 1 atom stereocenters. The molecule has 0 aromatic rings. The summed E-state index contributed by atoms with van der Waals surface area (Å²) in [5, 5.41) is 0. The van der Waals surface area contributed by atoms with E-state index in [9.17, 15) is 9.59 Å². The third-order valence-corrected chi connectivity index (χ3v) is 2.44. The number of primary amides is 2. The van der Waals surface area contributed by atoms with Crippen molar-refractivity contribution in [1.29, 1.82) is 0 Å². The average molecular weight is 171 g/mol. The van der Waals surface area contributed by atoms with E-state index in [4.69, 9.17) is 11.5 Å². The first kappa shape index (κ1) is 8.83. The molecule has 12 heavy (non-hydrogen) atoms. The van der Waals surface area contributed by atoms with E-state index >= 15 is 0 Å². The summed E-state index contributed by atoms with van der Waals surface area (Å²) >= 11 is 0. The SMILES string of the molecule is CC1(C(N)=O)CCCN1C(N)=O. The summed E-state index contributed by atoms with van der Waals surface area (Å²) in [4.78, 5) is 23.2. The highest BCUT2D eigenvalue weighted by Crippen LogP contribution is 2.27. The number of carbonyl (C=O) groups excluding carboxylic acids is 2. The molecule has 1 heterocycles. The molecule has 1 aliphatic heterocycles. The molecule has 1 unspecified atom stereocenters. The average Bonchev–Trinajstić information content (AvgIpc) is 2.32. The molecule has 68 valence electrons. The van der Waals surface area contributed by atoms with Gasteiger partial charge in [0.05, 0.1) is 0 Å². The number of urea groups is 1. The number of nitrogens with two attached hydrogens (primary N) is 2. The molecule has 1 aliphatic rings. The first-order chi connectivity index (χ1) is 5.48. The van der Waals surface area contributed by atoms with E-state index in [1.54, 1.807) is 6.92 Å². The van der Waals surface area contributed by atoms with Gasteiger partial charge in [-0.3, -0.25) is 4.79 Å². The molecule has 0 spiro atoms. The topological polar surface area (TPSA) is 89.4 Å². The Balaban J connectivity index is 2.89. The molecule has 3 amide bonds. The fraction of sp³-hybridized carbons (Fsp3) is 0.714. The maximum absolute atomic E-state index is 11.0. The van der Waals surface area contributed by atoms with Crippen LogP contribution in [0.25, 0.3) is 0 Å². The van der Waals surface area contributed by atoms with Gasteiger partial charge >= 0.3 is 6.03 Å².